The van der Waals surface area contributed by atoms with Gasteiger partial charge < -0.3 is 9.15 Å². The summed E-state index contributed by atoms with van der Waals surface area (Å²) in [5, 5.41) is 2.58. The number of furan rings is 1. The SMILES string of the molecule is CCc1ccc(/C=C2/C(=O)NC(=S)N(c3ccc(Oc4ccccc4)cc3)C2=O)o1. The molecule has 1 aromatic heterocycles. The molecular weight excluding hydrogens is 400 g/mol. The van der Waals surface area contributed by atoms with E-state index in [-0.39, 0.29) is 10.7 Å². The van der Waals surface area contributed by atoms with Gasteiger partial charge in [-0.25, -0.2) is 0 Å². The highest BCUT2D eigenvalue weighted by Crippen LogP contribution is 2.27. The van der Waals surface area contributed by atoms with Gasteiger partial charge in [-0.05, 0) is 66.8 Å². The second kappa shape index (κ2) is 8.34. The van der Waals surface area contributed by atoms with Gasteiger partial charge in [0.15, 0.2) is 5.11 Å². The van der Waals surface area contributed by atoms with E-state index in [1.165, 1.54) is 11.0 Å². The average Bonchev–Trinajstić information content (AvgIpc) is 3.21. The van der Waals surface area contributed by atoms with Crippen LogP contribution in [0, 0.1) is 0 Å². The van der Waals surface area contributed by atoms with E-state index < -0.39 is 11.8 Å². The van der Waals surface area contributed by atoms with E-state index >= 15 is 0 Å². The molecule has 7 heteroatoms. The highest BCUT2D eigenvalue weighted by atomic mass is 32.1. The lowest BCUT2D eigenvalue weighted by Crippen LogP contribution is -2.54. The third-order valence-corrected chi connectivity index (χ3v) is 4.78. The molecule has 1 saturated heterocycles. The van der Waals surface area contributed by atoms with Crippen LogP contribution in [0.3, 0.4) is 0 Å². The fourth-order valence-electron chi connectivity index (χ4n) is 2.98. The maximum Gasteiger partial charge on any atom is 0.270 e. The van der Waals surface area contributed by atoms with Crippen molar-refractivity contribution in [1.82, 2.24) is 5.32 Å². The second-order valence-corrected chi connectivity index (χ2v) is 6.91. The zero-order valence-corrected chi connectivity index (χ0v) is 16.9. The van der Waals surface area contributed by atoms with Crippen molar-refractivity contribution in [3.8, 4) is 11.5 Å². The predicted molar refractivity (Wildman–Crippen MR) is 117 cm³/mol. The third kappa shape index (κ3) is 4.01. The van der Waals surface area contributed by atoms with Gasteiger partial charge in [-0.15, -0.1) is 0 Å². The first-order valence-electron chi connectivity index (χ1n) is 9.38. The number of benzene rings is 2. The molecule has 2 aromatic carbocycles. The molecule has 0 radical (unpaired) electrons. The molecule has 1 fully saturated rings. The molecule has 1 N–H and O–H groups in total. The van der Waals surface area contributed by atoms with E-state index in [9.17, 15) is 9.59 Å². The van der Waals surface area contributed by atoms with Gasteiger partial charge in [-0.1, -0.05) is 25.1 Å². The lowest BCUT2D eigenvalue weighted by molar-refractivity contribution is -0.122. The molecule has 0 bridgehead atoms. The van der Waals surface area contributed by atoms with Crippen molar-refractivity contribution in [2.45, 2.75) is 13.3 Å². The van der Waals surface area contributed by atoms with Gasteiger partial charge in [0.2, 0.25) is 0 Å². The van der Waals surface area contributed by atoms with E-state index in [1.54, 1.807) is 30.3 Å². The molecule has 4 rings (SSSR count). The Bertz CT molecular complexity index is 1130. The number of carbonyl (C=O) groups excluding carboxylic acids is 2. The quantitative estimate of drug-likeness (QED) is 0.376. The Morgan fingerprint density at radius 1 is 1.00 bits per heavy atom. The first-order chi connectivity index (χ1) is 14.5. The van der Waals surface area contributed by atoms with Crippen molar-refractivity contribution in [2.75, 3.05) is 4.90 Å². The van der Waals surface area contributed by atoms with Gasteiger partial charge in [0.25, 0.3) is 11.8 Å². The van der Waals surface area contributed by atoms with E-state index in [1.807, 2.05) is 43.3 Å². The fourth-order valence-corrected chi connectivity index (χ4v) is 3.27. The summed E-state index contributed by atoms with van der Waals surface area (Å²) in [7, 11) is 0. The number of aryl methyl sites for hydroxylation is 1. The summed E-state index contributed by atoms with van der Waals surface area (Å²) in [6.45, 7) is 1.96. The molecule has 30 heavy (non-hydrogen) atoms. The molecule has 0 aliphatic carbocycles. The summed E-state index contributed by atoms with van der Waals surface area (Å²) in [6, 6.07) is 19.8. The fraction of sp³-hybridized carbons (Fsp3) is 0.0870. The molecule has 0 spiro atoms. The topological polar surface area (TPSA) is 71.8 Å². The van der Waals surface area contributed by atoms with E-state index in [0.717, 1.165) is 12.2 Å². The molecular formula is C23H18N2O4S. The monoisotopic (exact) mass is 418 g/mol. The Kier molecular flexibility index (Phi) is 5.45. The number of nitrogens with one attached hydrogen (secondary N) is 1. The van der Waals surface area contributed by atoms with Crippen molar-refractivity contribution >= 4 is 40.9 Å². The van der Waals surface area contributed by atoms with Gasteiger partial charge in [0, 0.05) is 6.42 Å². The number of thiocarbonyl (C=S) groups is 1. The molecule has 3 aromatic rings. The van der Waals surface area contributed by atoms with Crippen LogP contribution < -0.4 is 15.0 Å². The van der Waals surface area contributed by atoms with Crippen molar-refractivity contribution in [3.05, 3.63) is 83.8 Å². The molecule has 2 heterocycles. The number of rotatable bonds is 5. The lowest BCUT2D eigenvalue weighted by Gasteiger charge is -2.28. The second-order valence-electron chi connectivity index (χ2n) is 6.52. The van der Waals surface area contributed by atoms with Crippen LogP contribution in [-0.4, -0.2) is 16.9 Å². The van der Waals surface area contributed by atoms with Crippen LogP contribution >= 0.6 is 12.2 Å². The van der Waals surface area contributed by atoms with Crippen LogP contribution in [0.15, 0.2) is 76.7 Å². The Hall–Kier alpha value is -3.71. The van der Waals surface area contributed by atoms with E-state index in [4.69, 9.17) is 21.4 Å². The number of ether oxygens (including phenoxy) is 1. The zero-order chi connectivity index (χ0) is 21.1. The van der Waals surface area contributed by atoms with Gasteiger partial charge in [0.05, 0.1) is 5.69 Å². The van der Waals surface area contributed by atoms with Crippen molar-refractivity contribution in [1.29, 1.82) is 0 Å². The molecule has 6 nitrogen and oxygen atoms in total. The van der Waals surface area contributed by atoms with Crippen LogP contribution in [0.1, 0.15) is 18.4 Å². The molecule has 150 valence electrons. The number of carbonyl (C=O) groups is 2. The van der Waals surface area contributed by atoms with Crippen LogP contribution in [0.25, 0.3) is 6.08 Å². The Morgan fingerprint density at radius 3 is 2.37 bits per heavy atom. The normalized spacial score (nSPS) is 15.4. The van der Waals surface area contributed by atoms with Crippen LogP contribution in [0.2, 0.25) is 0 Å². The minimum atomic E-state index is -0.556. The van der Waals surface area contributed by atoms with Crippen LogP contribution in [0.4, 0.5) is 5.69 Å². The molecule has 1 aliphatic rings. The van der Waals surface area contributed by atoms with Gasteiger partial charge >= 0.3 is 0 Å². The standard InChI is InChI=1S/C23H18N2O4S/c1-2-16-12-13-19(28-16)14-20-21(26)24-23(30)25(22(20)27)15-8-10-18(11-9-15)29-17-6-4-3-5-7-17/h3-14H,2H2,1H3,(H,24,26,30)/b20-14-. The Balaban J connectivity index is 1.58. The molecule has 0 atom stereocenters. The highest BCUT2D eigenvalue weighted by Gasteiger charge is 2.34. The molecule has 1 aliphatic heterocycles. The van der Waals surface area contributed by atoms with Crippen molar-refractivity contribution in [2.24, 2.45) is 0 Å². The minimum absolute atomic E-state index is 0.0209. The number of nitrogens with zero attached hydrogens (tertiary/aromatic N) is 1. The summed E-state index contributed by atoms with van der Waals surface area (Å²) in [5.74, 6) is 1.45. The van der Waals surface area contributed by atoms with Crippen molar-refractivity contribution in [3.63, 3.8) is 0 Å². The largest absolute Gasteiger partial charge is 0.462 e. The first kappa shape index (κ1) is 19.6. The molecule has 2 amide bonds. The number of anilines is 1. The lowest BCUT2D eigenvalue weighted by atomic mass is 10.1. The van der Waals surface area contributed by atoms with Crippen LogP contribution in [-0.2, 0) is 16.0 Å². The molecule has 0 saturated carbocycles. The number of amides is 2. The maximum absolute atomic E-state index is 13.0. The number of hydrogen-bond donors (Lipinski definition) is 1. The van der Waals surface area contributed by atoms with Gasteiger partial charge in [0.1, 0.15) is 28.6 Å². The predicted octanol–water partition coefficient (Wildman–Crippen LogP) is 4.47. The van der Waals surface area contributed by atoms with Crippen LogP contribution in [0.5, 0.6) is 11.5 Å². The maximum atomic E-state index is 13.0. The number of hydrogen-bond acceptors (Lipinski definition) is 5. The molecule has 0 unspecified atom stereocenters. The minimum Gasteiger partial charge on any atom is -0.462 e. The summed E-state index contributed by atoms with van der Waals surface area (Å²) in [5.41, 5.74) is 0.468. The van der Waals surface area contributed by atoms with E-state index in [0.29, 0.717) is 22.9 Å². The van der Waals surface area contributed by atoms with Gasteiger partial charge in [-0.3, -0.25) is 19.8 Å². The van der Waals surface area contributed by atoms with Crippen molar-refractivity contribution < 1.29 is 18.7 Å². The first-order valence-corrected chi connectivity index (χ1v) is 9.79. The zero-order valence-electron chi connectivity index (χ0n) is 16.1. The summed E-state index contributed by atoms with van der Waals surface area (Å²) < 4.78 is 11.4. The Labute approximate surface area is 178 Å². The smallest absolute Gasteiger partial charge is 0.270 e. The summed E-state index contributed by atoms with van der Waals surface area (Å²) in [4.78, 5) is 26.7. The third-order valence-electron chi connectivity index (χ3n) is 4.49. The average molecular weight is 418 g/mol. The van der Waals surface area contributed by atoms with E-state index in [2.05, 4.69) is 5.32 Å². The number of para-hydroxylation sites is 1. The summed E-state index contributed by atoms with van der Waals surface area (Å²) >= 11 is 5.23. The summed E-state index contributed by atoms with van der Waals surface area (Å²) in [6.07, 6.45) is 2.15. The Morgan fingerprint density at radius 2 is 1.70 bits per heavy atom. The highest BCUT2D eigenvalue weighted by molar-refractivity contribution is 7.80. The van der Waals surface area contributed by atoms with Gasteiger partial charge in [-0.2, -0.15) is 0 Å².